The van der Waals surface area contributed by atoms with E-state index in [1.54, 1.807) is 0 Å². The van der Waals surface area contributed by atoms with Gasteiger partial charge in [-0.3, -0.25) is 4.90 Å². The van der Waals surface area contributed by atoms with Gasteiger partial charge in [-0.2, -0.15) is 0 Å². The van der Waals surface area contributed by atoms with Crippen molar-refractivity contribution in [3.63, 3.8) is 0 Å². The minimum absolute atomic E-state index is 0. The van der Waals surface area contributed by atoms with Crippen molar-refractivity contribution in [2.24, 2.45) is 0 Å². The van der Waals surface area contributed by atoms with E-state index in [2.05, 4.69) is 0 Å². The van der Waals surface area contributed by atoms with Gasteiger partial charge in [0, 0.05) is 6.54 Å². The Morgan fingerprint density at radius 3 is 2.25 bits per heavy atom. The second-order valence-corrected chi connectivity index (χ2v) is 2.47. The van der Waals surface area contributed by atoms with Crippen LogP contribution in [0.3, 0.4) is 0 Å². The first-order valence-corrected chi connectivity index (χ1v) is 3.35. The highest BCUT2D eigenvalue weighted by atomic mass is 16.4. The fourth-order valence-electron chi connectivity index (χ4n) is 1.25. The number of carbonyl (C=O) groups is 2. The molecular weight excluding hydrogens is 164 g/mol. The first-order chi connectivity index (χ1) is 5.13. The number of carboxylic acid groups (broad SMARTS) is 2. The normalized spacial score (nSPS) is 21.7. The van der Waals surface area contributed by atoms with Crippen molar-refractivity contribution in [2.45, 2.75) is 18.9 Å². The van der Waals surface area contributed by atoms with Crippen LogP contribution in [0.25, 0.3) is 0 Å². The maximum absolute atomic E-state index is 10.4. The Morgan fingerprint density at radius 1 is 1.33 bits per heavy atom. The molecule has 1 saturated heterocycles. The number of likely N-dealkylation sites (tertiary alicyclic amines) is 1. The molecule has 5 N–H and O–H groups in total. The first kappa shape index (κ1) is 10.7. The van der Waals surface area contributed by atoms with Gasteiger partial charge in [-0.1, -0.05) is 0 Å². The number of hydrogen-bond donors (Lipinski definition) is 3. The molecule has 0 spiro atoms. The van der Waals surface area contributed by atoms with Crippen LogP contribution in [0.5, 0.6) is 0 Å². The number of rotatable bonds is 1. The molecule has 1 heterocycles. The van der Waals surface area contributed by atoms with E-state index in [4.69, 9.17) is 10.2 Å². The average Bonchev–Trinajstić information content (AvgIpc) is 2.32. The van der Waals surface area contributed by atoms with Crippen LogP contribution in [0.15, 0.2) is 0 Å². The summed E-state index contributed by atoms with van der Waals surface area (Å²) in [6.45, 7) is 0.340. The van der Waals surface area contributed by atoms with Gasteiger partial charge in [-0.15, -0.1) is 0 Å². The number of aliphatic carboxylic acids is 1. The Labute approximate surface area is 69.4 Å². The molecular formula is C6H12N2O4. The average molecular weight is 176 g/mol. The molecule has 1 amide bonds. The van der Waals surface area contributed by atoms with E-state index in [1.807, 2.05) is 0 Å². The van der Waals surface area contributed by atoms with Crippen molar-refractivity contribution in [1.82, 2.24) is 11.1 Å². The highest BCUT2D eigenvalue weighted by molar-refractivity contribution is 5.79. The van der Waals surface area contributed by atoms with E-state index in [-0.39, 0.29) is 6.15 Å². The van der Waals surface area contributed by atoms with Crippen LogP contribution >= 0.6 is 0 Å². The van der Waals surface area contributed by atoms with Crippen LogP contribution in [0.1, 0.15) is 12.8 Å². The molecule has 1 rings (SSSR count). The molecule has 6 heteroatoms. The lowest BCUT2D eigenvalue weighted by molar-refractivity contribution is -0.141. The highest BCUT2D eigenvalue weighted by Gasteiger charge is 2.33. The zero-order valence-electron chi connectivity index (χ0n) is 6.56. The predicted octanol–water partition coefficient (Wildman–Crippen LogP) is 0.375. The van der Waals surface area contributed by atoms with Crippen molar-refractivity contribution >= 4 is 12.1 Å². The predicted molar refractivity (Wildman–Crippen MR) is 40.4 cm³/mol. The summed E-state index contributed by atoms with van der Waals surface area (Å²) in [5.74, 6) is -1.05. The third-order valence-electron chi connectivity index (χ3n) is 1.78. The van der Waals surface area contributed by atoms with Gasteiger partial charge in [0.05, 0.1) is 0 Å². The second-order valence-electron chi connectivity index (χ2n) is 2.47. The van der Waals surface area contributed by atoms with Crippen LogP contribution in [0, 0.1) is 0 Å². The van der Waals surface area contributed by atoms with E-state index in [0.29, 0.717) is 19.4 Å². The molecule has 12 heavy (non-hydrogen) atoms. The first-order valence-electron chi connectivity index (χ1n) is 3.35. The van der Waals surface area contributed by atoms with Crippen molar-refractivity contribution in [2.75, 3.05) is 6.54 Å². The molecule has 70 valence electrons. The van der Waals surface area contributed by atoms with Gasteiger partial charge >= 0.3 is 12.1 Å². The zero-order chi connectivity index (χ0) is 8.43. The fourth-order valence-corrected chi connectivity index (χ4v) is 1.25. The molecule has 1 aliphatic heterocycles. The van der Waals surface area contributed by atoms with Crippen LogP contribution in [-0.4, -0.2) is 39.8 Å². The molecule has 0 aliphatic carbocycles. The topological polar surface area (TPSA) is 113 Å². The lowest BCUT2D eigenvalue weighted by Gasteiger charge is -2.16. The van der Waals surface area contributed by atoms with E-state index in [1.165, 1.54) is 0 Å². The zero-order valence-corrected chi connectivity index (χ0v) is 6.56. The van der Waals surface area contributed by atoms with Gasteiger partial charge in [0.2, 0.25) is 0 Å². The van der Waals surface area contributed by atoms with E-state index >= 15 is 0 Å². The van der Waals surface area contributed by atoms with Gasteiger partial charge in [-0.05, 0) is 12.8 Å². The van der Waals surface area contributed by atoms with Crippen LogP contribution in [0.4, 0.5) is 4.79 Å². The lowest BCUT2D eigenvalue weighted by Crippen LogP contribution is -2.39. The third kappa shape index (κ3) is 1.85. The monoisotopic (exact) mass is 176 g/mol. The Balaban J connectivity index is 0.00000121. The molecule has 0 aromatic rings. The molecule has 1 aliphatic rings. The van der Waals surface area contributed by atoms with E-state index < -0.39 is 18.1 Å². The number of amides is 1. The molecule has 0 aromatic heterocycles. The van der Waals surface area contributed by atoms with Gasteiger partial charge in [0.15, 0.2) is 0 Å². The van der Waals surface area contributed by atoms with Crippen molar-refractivity contribution in [1.29, 1.82) is 0 Å². The molecule has 0 aromatic carbocycles. The van der Waals surface area contributed by atoms with Crippen LogP contribution in [-0.2, 0) is 4.79 Å². The summed E-state index contributed by atoms with van der Waals surface area (Å²) >= 11 is 0. The standard InChI is InChI=1S/C6H9NO4.H3N/c8-5(9)4-2-1-3-7(4)6(10)11;/h4H,1-3H2,(H,8,9)(H,10,11);1H3. The van der Waals surface area contributed by atoms with Crippen molar-refractivity contribution in [3.05, 3.63) is 0 Å². The summed E-state index contributed by atoms with van der Waals surface area (Å²) in [6.07, 6.45) is -0.0693. The van der Waals surface area contributed by atoms with Crippen LogP contribution < -0.4 is 6.15 Å². The summed E-state index contributed by atoms with van der Waals surface area (Å²) in [5.41, 5.74) is 0. The Hall–Kier alpha value is -1.30. The third-order valence-corrected chi connectivity index (χ3v) is 1.78. The highest BCUT2D eigenvalue weighted by Crippen LogP contribution is 2.16. The molecule has 1 fully saturated rings. The number of nitrogens with zero attached hydrogens (tertiary/aromatic N) is 1. The molecule has 1 atom stereocenters. The number of hydrogen-bond acceptors (Lipinski definition) is 3. The Kier molecular flexibility index (Phi) is 3.49. The van der Waals surface area contributed by atoms with Crippen molar-refractivity contribution < 1.29 is 19.8 Å². The summed E-state index contributed by atoms with van der Waals surface area (Å²) < 4.78 is 0. The maximum Gasteiger partial charge on any atom is 0.408 e. The number of carboxylic acids is 1. The largest absolute Gasteiger partial charge is 0.480 e. The van der Waals surface area contributed by atoms with E-state index in [0.717, 1.165) is 4.90 Å². The van der Waals surface area contributed by atoms with Gasteiger partial charge in [-0.25, -0.2) is 9.59 Å². The molecule has 0 bridgehead atoms. The van der Waals surface area contributed by atoms with Gasteiger partial charge in [0.1, 0.15) is 6.04 Å². The van der Waals surface area contributed by atoms with Crippen LogP contribution in [0.2, 0.25) is 0 Å². The van der Waals surface area contributed by atoms with Gasteiger partial charge in [0.25, 0.3) is 0 Å². The molecule has 0 radical (unpaired) electrons. The minimum Gasteiger partial charge on any atom is -0.480 e. The van der Waals surface area contributed by atoms with Crippen molar-refractivity contribution in [3.8, 4) is 0 Å². The fraction of sp³-hybridized carbons (Fsp3) is 0.667. The summed E-state index contributed by atoms with van der Waals surface area (Å²) in [5, 5.41) is 17.0. The Bertz CT molecular complexity index is 174. The SMILES string of the molecule is N.O=C(O)C1CCCN1C(=O)O. The Morgan fingerprint density at radius 2 is 1.92 bits per heavy atom. The smallest absolute Gasteiger partial charge is 0.408 e. The van der Waals surface area contributed by atoms with E-state index in [9.17, 15) is 9.59 Å². The molecule has 0 saturated carbocycles. The summed E-state index contributed by atoms with van der Waals surface area (Å²) in [6, 6.07) is -0.826. The molecule has 1 unspecified atom stereocenters. The summed E-state index contributed by atoms with van der Waals surface area (Å²) in [7, 11) is 0. The van der Waals surface area contributed by atoms with Gasteiger partial charge < -0.3 is 16.4 Å². The lowest BCUT2D eigenvalue weighted by atomic mass is 10.2. The second kappa shape index (κ2) is 3.91. The molecule has 6 nitrogen and oxygen atoms in total. The quantitative estimate of drug-likeness (QED) is 0.534. The minimum atomic E-state index is -1.14. The maximum atomic E-state index is 10.4. The summed E-state index contributed by atoms with van der Waals surface area (Å²) in [4.78, 5) is 21.8.